The highest BCUT2D eigenvalue weighted by Gasteiger charge is 2.28. The number of amides is 2. The zero-order valence-corrected chi connectivity index (χ0v) is 24.4. The van der Waals surface area contributed by atoms with Crippen LogP contribution in [0.2, 0.25) is 0 Å². The van der Waals surface area contributed by atoms with E-state index in [2.05, 4.69) is 20.3 Å². The second-order valence-electron chi connectivity index (χ2n) is 8.94. The highest BCUT2D eigenvalue weighted by molar-refractivity contribution is 7.80. The molecule has 3 atom stereocenters. The summed E-state index contributed by atoms with van der Waals surface area (Å²) in [5.74, 6) is -0.809. The number of ketones is 1. The number of anilines is 1. The first-order valence-corrected chi connectivity index (χ1v) is 15.3. The molecule has 0 aliphatic heterocycles. The van der Waals surface area contributed by atoms with Crippen molar-refractivity contribution in [2.45, 2.75) is 31.3 Å². The number of alkyl carbamates (subject to hydrolysis) is 1. The zero-order chi connectivity index (χ0) is 29.2. The molecule has 0 bridgehead atoms. The van der Waals surface area contributed by atoms with Crippen LogP contribution in [0.5, 0.6) is 0 Å². The van der Waals surface area contributed by atoms with Crippen molar-refractivity contribution in [3.63, 3.8) is 0 Å². The Morgan fingerprint density at radius 2 is 1.63 bits per heavy atom. The van der Waals surface area contributed by atoms with Gasteiger partial charge in [0.25, 0.3) is 0 Å². The third kappa shape index (κ3) is 9.05. The Labute approximate surface area is 247 Å². The van der Waals surface area contributed by atoms with Crippen LogP contribution in [0.15, 0.2) is 77.5 Å². The number of nitrogens with zero attached hydrogens (tertiary/aromatic N) is 1. The number of thiophene rings is 1. The van der Waals surface area contributed by atoms with Gasteiger partial charge in [-0.1, -0.05) is 48.5 Å². The Morgan fingerprint density at radius 1 is 0.927 bits per heavy atom. The van der Waals surface area contributed by atoms with Crippen LogP contribution in [0.25, 0.3) is 9.88 Å². The molecule has 1 unspecified atom stereocenters. The van der Waals surface area contributed by atoms with Gasteiger partial charge in [-0.05, 0) is 41.1 Å². The Hall–Kier alpha value is -3.91. The molecule has 214 valence electrons. The van der Waals surface area contributed by atoms with E-state index in [0.717, 1.165) is 15.4 Å². The van der Waals surface area contributed by atoms with Gasteiger partial charge in [-0.15, -0.1) is 22.7 Å². The average Bonchev–Trinajstić information content (AvgIpc) is 3.66. The van der Waals surface area contributed by atoms with Gasteiger partial charge in [-0.25, -0.2) is 9.78 Å². The Balaban J connectivity index is 1.54. The number of hydrogen-bond donors (Lipinski definition) is 3. The molecule has 0 aliphatic rings. The van der Waals surface area contributed by atoms with Gasteiger partial charge in [0.1, 0.15) is 11.0 Å². The van der Waals surface area contributed by atoms with Gasteiger partial charge in [-0.2, -0.15) is 0 Å². The number of carbonyl (C=O) groups is 3. The van der Waals surface area contributed by atoms with Crippen LogP contribution in [0.4, 0.5) is 10.5 Å². The molecule has 2 aromatic heterocycles. The van der Waals surface area contributed by atoms with E-state index < -0.39 is 35.4 Å². The molecule has 3 N–H and O–H groups in total. The summed E-state index contributed by atoms with van der Waals surface area (Å²) < 4.78 is 28.9. The molecule has 41 heavy (non-hydrogen) atoms. The van der Waals surface area contributed by atoms with Gasteiger partial charge in [0.15, 0.2) is 5.78 Å². The van der Waals surface area contributed by atoms with Gasteiger partial charge in [0, 0.05) is 28.8 Å². The lowest BCUT2D eigenvalue weighted by molar-refractivity contribution is -0.128. The van der Waals surface area contributed by atoms with Crippen molar-refractivity contribution >= 4 is 57.4 Å². The fourth-order valence-electron chi connectivity index (χ4n) is 4.02. The van der Waals surface area contributed by atoms with E-state index in [9.17, 15) is 23.1 Å². The Kier molecular flexibility index (Phi) is 10.7. The topological polar surface area (TPSA) is 150 Å². The Bertz CT molecular complexity index is 1480. The van der Waals surface area contributed by atoms with Gasteiger partial charge in [0.2, 0.25) is 5.91 Å². The number of nitrogens with one attached hydrogen (secondary N) is 3. The van der Waals surface area contributed by atoms with Crippen molar-refractivity contribution in [1.82, 2.24) is 15.6 Å². The minimum atomic E-state index is -2.47. The molecule has 0 radical (unpaired) electrons. The fraction of sp³-hybridized carbons (Fsp3) is 0.214. The third-order valence-corrected chi connectivity index (χ3v) is 8.35. The number of methoxy groups -OCH3 is 1. The summed E-state index contributed by atoms with van der Waals surface area (Å²) in [5.41, 5.74) is 2.47. The quantitative estimate of drug-likeness (QED) is 0.194. The smallest absolute Gasteiger partial charge is 0.407 e. The highest BCUT2D eigenvalue weighted by atomic mass is 32.2. The molecule has 10 nitrogen and oxygen atoms in total. The zero-order valence-electron chi connectivity index (χ0n) is 21.9. The number of hydrogen-bond acceptors (Lipinski definition) is 9. The van der Waals surface area contributed by atoms with E-state index in [1.54, 1.807) is 35.6 Å². The summed E-state index contributed by atoms with van der Waals surface area (Å²) in [4.78, 5) is 44.7. The molecule has 2 amide bonds. The van der Waals surface area contributed by atoms with E-state index in [-0.39, 0.29) is 25.0 Å². The summed E-state index contributed by atoms with van der Waals surface area (Å²) in [5, 5.41) is 9.97. The molecule has 4 rings (SSSR count). The lowest BCUT2D eigenvalue weighted by atomic mass is 9.98. The van der Waals surface area contributed by atoms with Crippen LogP contribution in [0.1, 0.15) is 16.8 Å². The highest BCUT2D eigenvalue weighted by Crippen LogP contribution is 2.28. The third-order valence-electron chi connectivity index (χ3n) is 6.02. The number of Topliss-reactive ketones (excluding diaryl/α,β-unsaturated/α-hetero) is 1. The summed E-state index contributed by atoms with van der Waals surface area (Å²) in [6.45, 7) is 0. The van der Waals surface area contributed by atoms with Crippen LogP contribution >= 0.6 is 22.7 Å². The van der Waals surface area contributed by atoms with E-state index in [1.807, 2.05) is 53.2 Å². The van der Waals surface area contributed by atoms with Gasteiger partial charge < -0.3 is 24.6 Å². The summed E-state index contributed by atoms with van der Waals surface area (Å²) in [6.07, 6.45) is -0.448. The van der Waals surface area contributed by atoms with Gasteiger partial charge >= 0.3 is 6.09 Å². The lowest BCUT2D eigenvalue weighted by Crippen LogP contribution is -2.53. The van der Waals surface area contributed by atoms with Crippen LogP contribution in [0, 0.1) is 0 Å². The minimum Gasteiger partial charge on any atom is -0.755 e. The first-order valence-electron chi connectivity index (χ1n) is 12.5. The first-order chi connectivity index (χ1) is 19.8. The van der Waals surface area contributed by atoms with Crippen LogP contribution < -0.4 is 15.4 Å². The van der Waals surface area contributed by atoms with E-state index in [0.29, 0.717) is 16.9 Å². The van der Waals surface area contributed by atoms with Gasteiger partial charge in [-0.3, -0.25) is 13.8 Å². The summed E-state index contributed by atoms with van der Waals surface area (Å²) in [6, 6.07) is 17.6. The number of ether oxygens (including phenoxy) is 1. The van der Waals surface area contributed by atoms with Gasteiger partial charge in [0.05, 0.1) is 30.1 Å². The standard InChI is InChI=1S/C28H28N4O6S3/c1-38-28(35)31-23(15-18-6-3-2-4-7-18)26(34)30-22(14-19-9-11-20(12-10-19)32-41(36)37)24(33)16-21-17-40-27(29-21)25-8-5-13-39-25/h2-13,17,22-23,32H,14-16H2,1H3,(H,30,34)(H,31,35)(H,36,37)/p-1/t22-,23+/m1/s1. The van der Waals surface area contributed by atoms with Crippen molar-refractivity contribution in [3.8, 4) is 9.88 Å². The number of thiazole rings is 1. The first kappa shape index (κ1) is 30.1. The van der Waals surface area contributed by atoms with Crippen molar-refractivity contribution < 1.29 is 27.9 Å². The molecule has 0 spiro atoms. The maximum Gasteiger partial charge on any atom is 0.407 e. The second kappa shape index (κ2) is 14.6. The number of benzene rings is 2. The predicted molar refractivity (Wildman–Crippen MR) is 158 cm³/mol. The molecular weight excluding hydrogens is 585 g/mol. The van der Waals surface area contributed by atoms with Crippen LogP contribution in [-0.4, -0.2) is 50.7 Å². The molecule has 13 heteroatoms. The molecule has 0 saturated carbocycles. The molecular formula is C28H27N4O6S3-. The molecule has 2 aromatic carbocycles. The number of rotatable bonds is 13. The van der Waals surface area contributed by atoms with Crippen molar-refractivity contribution in [1.29, 1.82) is 0 Å². The Morgan fingerprint density at radius 3 is 2.29 bits per heavy atom. The monoisotopic (exact) mass is 611 g/mol. The van der Waals surface area contributed by atoms with Crippen molar-refractivity contribution in [2.24, 2.45) is 0 Å². The van der Waals surface area contributed by atoms with Crippen LogP contribution in [-0.2, 0) is 44.9 Å². The largest absolute Gasteiger partial charge is 0.755 e. The van der Waals surface area contributed by atoms with E-state index in [4.69, 9.17) is 4.74 Å². The molecule has 0 saturated heterocycles. The fourth-order valence-corrected chi connectivity index (χ4v) is 5.98. The molecule has 4 aromatic rings. The van der Waals surface area contributed by atoms with E-state index in [1.165, 1.54) is 18.4 Å². The maximum absolute atomic E-state index is 13.6. The van der Waals surface area contributed by atoms with Crippen LogP contribution in [0.3, 0.4) is 0 Å². The molecule has 2 heterocycles. The summed E-state index contributed by atoms with van der Waals surface area (Å²) in [7, 11) is 1.21. The minimum absolute atomic E-state index is 0.00456. The molecule has 0 aliphatic carbocycles. The van der Waals surface area contributed by atoms with E-state index >= 15 is 0 Å². The van der Waals surface area contributed by atoms with Crippen molar-refractivity contribution in [3.05, 3.63) is 94.3 Å². The average molecular weight is 612 g/mol. The predicted octanol–water partition coefficient (Wildman–Crippen LogP) is 3.88. The lowest BCUT2D eigenvalue weighted by Gasteiger charge is -2.23. The SMILES string of the molecule is COC(=O)N[C@@H](Cc1ccccc1)C(=O)N[C@H](Cc1ccc(NS(=O)[O-])cc1)C(=O)Cc1csc(-c2cccs2)n1. The molecule has 0 fully saturated rings. The summed E-state index contributed by atoms with van der Waals surface area (Å²) >= 11 is 0.529. The number of aromatic nitrogens is 1. The maximum atomic E-state index is 13.6. The number of carbonyl (C=O) groups excluding carboxylic acids is 3. The van der Waals surface area contributed by atoms with Crippen molar-refractivity contribution in [2.75, 3.05) is 11.8 Å². The normalized spacial score (nSPS) is 13.0. The second-order valence-corrected chi connectivity index (χ2v) is 11.4.